The number of halogens is 2. The van der Waals surface area contributed by atoms with Crippen LogP contribution in [0.2, 0.25) is 0 Å². The first-order chi connectivity index (χ1) is 13.3. The molecule has 4 rings (SSSR count). The Kier molecular flexibility index (Phi) is 4.80. The number of aliphatic carboxylic acids is 1. The van der Waals surface area contributed by atoms with E-state index < -0.39 is 22.9 Å². The van der Waals surface area contributed by atoms with E-state index in [4.69, 9.17) is 5.11 Å². The van der Waals surface area contributed by atoms with Gasteiger partial charge in [0.25, 0.3) is 0 Å². The highest BCUT2D eigenvalue weighted by Crippen LogP contribution is 2.42. The van der Waals surface area contributed by atoms with Gasteiger partial charge >= 0.3 is 5.97 Å². The number of carbonyl (C=O) groups is 2. The molecule has 1 aliphatic heterocycles. The number of thiazole rings is 1. The minimum atomic E-state index is -1.06. The second-order valence-electron chi connectivity index (χ2n) is 6.44. The number of aryl methyl sites for hydroxylation is 1. The summed E-state index contributed by atoms with van der Waals surface area (Å²) < 4.78 is 27.6. The van der Waals surface area contributed by atoms with Gasteiger partial charge in [0, 0.05) is 17.0 Å². The normalized spacial score (nSPS) is 16.5. The van der Waals surface area contributed by atoms with Gasteiger partial charge in [0.05, 0.1) is 34.1 Å². The van der Waals surface area contributed by atoms with Crippen molar-refractivity contribution in [3.63, 3.8) is 0 Å². The molecule has 0 saturated heterocycles. The molecule has 3 aromatic rings. The van der Waals surface area contributed by atoms with Crippen LogP contribution in [0.25, 0.3) is 10.2 Å². The van der Waals surface area contributed by atoms with Gasteiger partial charge in [0.15, 0.2) is 0 Å². The molecule has 0 radical (unpaired) electrons. The number of carbonyl (C=O) groups excluding carboxylic acids is 1. The van der Waals surface area contributed by atoms with E-state index in [0.29, 0.717) is 10.7 Å². The number of nitrogens with zero attached hydrogens (tertiary/aromatic N) is 2. The zero-order chi connectivity index (χ0) is 20.0. The Bertz CT molecular complexity index is 1120. The number of fused-ring (bicyclic) bond motifs is 2. The third kappa shape index (κ3) is 3.47. The van der Waals surface area contributed by atoms with E-state index in [1.807, 2.05) is 19.1 Å². The molecule has 0 bridgehead atoms. The predicted octanol–water partition coefficient (Wildman–Crippen LogP) is 4.37. The van der Waals surface area contributed by atoms with Crippen LogP contribution in [-0.4, -0.2) is 27.2 Å². The van der Waals surface area contributed by atoms with Crippen molar-refractivity contribution in [2.24, 2.45) is 0 Å². The van der Waals surface area contributed by atoms with Crippen LogP contribution in [0.3, 0.4) is 0 Å². The maximum absolute atomic E-state index is 14.0. The van der Waals surface area contributed by atoms with Crippen LogP contribution >= 0.6 is 23.1 Å². The molecule has 2 heterocycles. The average Bonchev–Trinajstić information content (AvgIpc) is 3.01. The molecule has 1 N–H and O–H groups in total. The highest BCUT2D eigenvalue weighted by atomic mass is 32.2. The molecule has 0 saturated carbocycles. The van der Waals surface area contributed by atoms with E-state index in [1.54, 1.807) is 6.07 Å². The number of anilines is 1. The largest absolute Gasteiger partial charge is 0.481 e. The van der Waals surface area contributed by atoms with Crippen molar-refractivity contribution in [2.45, 2.75) is 30.0 Å². The summed E-state index contributed by atoms with van der Waals surface area (Å²) in [5.41, 5.74) is 1.85. The van der Waals surface area contributed by atoms with Crippen molar-refractivity contribution in [2.75, 3.05) is 4.90 Å². The number of thioether (sulfide) groups is 1. The summed E-state index contributed by atoms with van der Waals surface area (Å²) in [5.74, 6) is -2.80. The average molecular weight is 420 g/mol. The summed E-state index contributed by atoms with van der Waals surface area (Å²) in [6.07, 6.45) is -0.299. The Morgan fingerprint density at radius 1 is 1.29 bits per heavy atom. The molecule has 0 fully saturated rings. The van der Waals surface area contributed by atoms with Crippen LogP contribution in [0.4, 0.5) is 14.5 Å². The van der Waals surface area contributed by atoms with Gasteiger partial charge in [-0.05, 0) is 24.6 Å². The van der Waals surface area contributed by atoms with E-state index in [-0.39, 0.29) is 29.1 Å². The Morgan fingerprint density at radius 2 is 2.07 bits per heavy atom. The smallest absolute Gasteiger partial charge is 0.305 e. The SMILES string of the molecule is Cc1ccc2c(c1)SC(CC(=O)O)C(=O)N2Cc1nc2cc(F)cc(F)c2s1. The Labute approximate surface area is 167 Å². The van der Waals surface area contributed by atoms with Crippen molar-refractivity contribution < 1.29 is 23.5 Å². The lowest BCUT2D eigenvalue weighted by atomic mass is 10.1. The third-order valence-corrected chi connectivity index (χ3v) is 6.62. The van der Waals surface area contributed by atoms with E-state index in [1.165, 1.54) is 16.7 Å². The fourth-order valence-electron chi connectivity index (χ4n) is 3.09. The highest BCUT2D eigenvalue weighted by molar-refractivity contribution is 8.01. The number of carboxylic acid groups (broad SMARTS) is 1. The molecule has 28 heavy (non-hydrogen) atoms. The molecule has 0 aliphatic carbocycles. The second kappa shape index (κ2) is 7.14. The number of carboxylic acids is 1. The molecule has 1 atom stereocenters. The third-order valence-electron chi connectivity index (χ3n) is 4.32. The fourth-order valence-corrected chi connectivity index (χ4v) is 5.35. The van der Waals surface area contributed by atoms with Gasteiger partial charge < -0.3 is 10.0 Å². The van der Waals surface area contributed by atoms with Gasteiger partial charge in [-0.1, -0.05) is 6.07 Å². The summed E-state index contributed by atoms with van der Waals surface area (Å²) in [7, 11) is 0. The molecule has 9 heteroatoms. The summed E-state index contributed by atoms with van der Waals surface area (Å²) in [4.78, 5) is 30.7. The molecule has 2 aromatic carbocycles. The van der Waals surface area contributed by atoms with Crippen molar-refractivity contribution >= 4 is 50.9 Å². The maximum Gasteiger partial charge on any atom is 0.305 e. The standard InChI is InChI=1S/C19H14F2N2O3S2/c1-9-2-3-13-14(4-9)27-15(7-17(24)25)19(26)23(13)8-16-22-12-6-10(20)5-11(21)18(12)28-16/h2-6,15H,7-8H2,1H3,(H,24,25). The van der Waals surface area contributed by atoms with Crippen molar-refractivity contribution in [1.29, 1.82) is 0 Å². The predicted molar refractivity (Wildman–Crippen MR) is 104 cm³/mol. The molecule has 1 aliphatic rings. The minimum Gasteiger partial charge on any atom is -0.481 e. The summed E-state index contributed by atoms with van der Waals surface area (Å²) in [6, 6.07) is 7.52. The summed E-state index contributed by atoms with van der Waals surface area (Å²) >= 11 is 2.28. The monoisotopic (exact) mass is 420 g/mol. The Morgan fingerprint density at radius 3 is 2.82 bits per heavy atom. The van der Waals surface area contributed by atoms with Gasteiger partial charge in [0.2, 0.25) is 5.91 Å². The first-order valence-corrected chi connectivity index (χ1v) is 10.1. The van der Waals surface area contributed by atoms with Crippen LogP contribution in [0.5, 0.6) is 0 Å². The Hall–Kier alpha value is -2.52. The first kappa shape index (κ1) is 18.8. The highest BCUT2D eigenvalue weighted by Gasteiger charge is 2.35. The van der Waals surface area contributed by atoms with E-state index in [2.05, 4.69) is 4.98 Å². The fraction of sp³-hybridized carbons (Fsp3) is 0.211. The number of aromatic nitrogens is 1. The van der Waals surface area contributed by atoms with Crippen molar-refractivity contribution in [3.8, 4) is 0 Å². The number of hydrogen-bond donors (Lipinski definition) is 1. The molecule has 1 unspecified atom stereocenters. The van der Waals surface area contributed by atoms with Crippen LogP contribution in [-0.2, 0) is 16.1 Å². The zero-order valence-electron chi connectivity index (χ0n) is 14.6. The summed E-state index contributed by atoms with van der Waals surface area (Å²) in [5, 5.41) is 8.83. The summed E-state index contributed by atoms with van der Waals surface area (Å²) in [6.45, 7) is 1.98. The molecule has 0 spiro atoms. The van der Waals surface area contributed by atoms with Crippen molar-refractivity contribution in [3.05, 3.63) is 52.5 Å². The van der Waals surface area contributed by atoms with Gasteiger partial charge in [-0.2, -0.15) is 0 Å². The number of hydrogen-bond acceptors (Lipinski definition) is 5. The molecule has 1 aromatic heterocycles. The van der Waals surface area contributed by atoms with Crippen molar-refractivity contribution in [1.82, 2.24) is 4.98 Å². The van der Waals surface area contributed by atoms with Gasteiger partial charge in [0.1, 0.15) is 16.6 Å². The topological polar surface area (TPSA) is 70.5 Å². The van der Waals surface area contributed by atoms with Gasteiger partial charge in [-0.3, -0.25) is 9.59 Å². The zero-order valence-corrected chi connectivity index (χ0v) is 16.2. The molecule has 5 nitrogen and oxygen atoms in total. The number of amides is 1. The molecular weight excluding hydrogens is 406 g/mol. The lowest BCUT2D eigenvalue weighted by Gasteiger charge is -2.33. The quantitative estimate of drug-likeness (QED) is 0.679. The van der Waals surface area contributed by atoms with Crippen LogP contribution in [0.1, 0.15) is 17.0 Å². The lowest BCUT2D eigenvalue weighted by molar-refractivity contribution is -0.138. The van der Waals surface area contributed by atoms with E-state index in [0.717, 1.165) is 33.9 Å². The number of benzene rings is 2. The van der Waals surface area contributed by atoms with Gasteiger partial charge in [-0.15, -0.1) is 23.1 Å². The van der Waals surface area contributed by atoms with Gasteiger partial charge in [-0.25, -0.2) is 13.8 Å². The second-order valence-corrected chi connectivity index (χ2v) is 8.77. The maximum atomic E-state index is 14.0. The van der Waals surface area contributed by atoms with Crippen LogP contribution < -0.4 is 4.90 Å². The molecular formula is C19H14F2N2O3S2. The van der Waals surface area contributed by atoms with E-state index >= 15 is 0 Å². The lowest BCUT2D eigenvalue weighted by Crippen LogP contribution is -2.41. The number of rotatable bonds is 4. The first-order valence-electron chi connectivity index (χ1n) is 8.37. The van der Waals surface area contributed by atoms with Crippen LogP contribution in [0, 0.1) is 18.6 Å². The minimum absolute atomic E-state index is 0.0615. The Balaban J connectivity index is 1.74. The molecule has 144 valence electrons. The van der Waals surface area contributed by atoms with E-state index in [9.17, 15) is 18.4 Å². The van der Waals surface area contributed by atoms with Crippen LogP contribution in [0.15, 0.2) is 35.2 Å². The molecule has 1 amide bonds.